The number of nitrogens with one attached hydrogen (secondary N) is 1. The molecule has 0 atom stereocenters. The van der Waals surface area contributed by atoms with Gasteiger partial charge in [-0.3, -0.25) is 4.79 Å². The molecule has 0 unspecified atom stereocenters. The second-order valence-electron chi connectivity index (χ2n) is 5.48. The third kappa shape index (κ3) is 4.65. The van der Waals surface area contributed by atoms with E-state index in [1.54, 1.807) is 31.4 Å². The molecular formula is C19H22ClNO3. The molecule has 4 nitrogen and oxygen atoms in total. The van der Waals surface area contributed by atoms with Crippen LogP contribution in [0.15, 0.2) is 36.4 Å². The van der Waals surface area contributed by atoms with E-state index in [9.17, 15) is 4.79 Å². The second kappa shape index (κ2) is 8.60. The van der Waals surface area contributed by atoms with Gasteiger partial charge in [0, 0.05) is 22.7 Å². The SMILES string of the molecule is CCCNC(=O)c1ccc(OC)c(COc2ccc(Cl)c(C)c2)c1. The van der Waals surface area contributed by atoms with E-state index in [-0.39, 0.29) is 5.91 Å². The van der Waals surface area contributed by atoms with E-state index < -0.39 is 0 Å². The van der Waals surface area contributed by atoms with Crippen LogP contribution < -0.4 is 14.8 Å². The maximum absolute atomic E-state index is 12.1. The van der Waals surface area contributed by atoms with Crippen molar-refractivity contribution in [3.8, 4) is 11.5 Å². The summed E-state index contributed by atoms with van der Waals surface area (Å²) in [4.78, 5) is 12.1. The standard InChI is InChI=1S/C19H22ClNO3/c1-4-9-21-19(22)14-5-8-18(23-3)15(11-14)12-24-16-6-7-17(20)13(2)10-16/h5-8,10-11H,4,9,12H2,1-3H3,(H,21,22). The summed E-state index contributed by atoms with van der Waals surface area (Å²) in [5.41, 5.74) is 2.36. The first-order valence-corrected chi connectivity index (χ1v) is 8.27. The van der Waals surface area contributed by atoms with Gasteiger partial charge >= 0.3 is 0 Å². The van der Waals surface area contributed by atoms with Crippen LogP contribution in [0.1, 0.15) is 34.8 Å². The maximum atomic E-state index is 12.1. The van der Waals surface area contributed by atoms with Crippen molar-refractivity contribution in [3.63, 3.8) is 0 Å². The summed E-state index contributed by atoms with van der Waals surface area (Å²) in [6.07, 6.45) is 0.897. The Hall–Kier alpha value is -2.20. The summed E-state index contributed by atoms with van der Waals surface area (Å²) >= 11 is 6.02. The lowest BCUT2D eigenvalue weighted by Crippen LogP contribution is -2.24. The Morgan fingerprint density at radius 2 is 2.00 bits per heavy atom. The van der Waals surface area contributed by atoms with Gasteiger partial charge in [-0.1, -0.05) is 18.5 Å². The minimum atomic E-state index is -0.0944. The van der Waals surface area contributed by atoms with Crippen molar-refractivity contribution in [1.82, 2.24) is 5.32 Å². The molecule has 0 spiro atoms. The quantitative estimate of drug-likeness (QED) is 0.808. The molecule has 2 aromatic rings. The van der Waals surface area contributed by atoms with Crippen LogP contribution in [0.4, 0.5) is 0 Å². The van der Waals surface area contributed by atoms with Gasteiger partial charge in [0.05, 0.1) is 7.11 Å². The van der Waals surface area contributed by atoms with Crippen LogP contribution in [-0.4, -0.2) is 19.6 Å². The highest BCUT2D eigenvalue weighted by Crippen LogP contribution is 2.25. The molecule has 0 radical (unpaired) electrons. The highest BCUT2D eigenvalue weighted by atomic mass is 35.5. The molecular weight excluding hydrogens is 326 g/mol. The molecule has 0 aliphatic carbocycles. The van der Waals surface area contributed by atoms with Gasteiger partial charge in [-0.15, -0.1) is 0 Å². The van der Waals surface area contributed by atoms with Gasteiger partial charge < -0.3 is 14.8 Å². The van der Waals surface area contributed by atoms with Gasteiger partial charge in [0.25, 0.3) is 5.91 Å². The van der Waals surface area contributed by atoms with Crippen LogP contribution in [0.2, 0.25) is 5.02 Å². The molecule has 0 aromatic heterocycles. The van der Waals surface area contributed by atoms with Gasteiger partial charge in [-0.2, -0.15) is 0 Å². The topological polar surface area (TPSA) is 47.6 Å². The average Bonchev–Trinajstić information content (AvgIpc) is 2.60. The predicted molar refractivity (Wildman–Crippen MR) is 96.1 cm³/mol. The molecule has 0 aliphatic rings. The van der Waals surface area contributed by atoms with Crippen molar-refractivity contribution < 1.29 is 14.3 Å². The Balaban J connectivity index is 2.14. The van der Waals surface area contributed by atoms with Crippen LogP contribution in [0.5, 0.6) is 11.5 Å². The minimum absolute atomic E-state index is 0.0944. The molecule has 0 aliphatic heterocycles. The Bertz CT molecular complexity index is 716. The number of ether oxygens (including phenoxy) is 2. The van der Waals surface area contributed by atoms with Gasteiger partial charge in [0.15, 0.2) is 0 Å². The van der Waals surface area contributed by atoms with Crippen LogP contribution >= 0.6 is 11.6 Å². The Morgan fingerprint density at radius 1 is 1.21 bits per heavy atom. The zero-order valence-corrected chi connectivity index (χ0v) is 14.9. The van der Waals surface area contributed by atoms with Crippen molar-refractivity contribution in [2.24, 2.45) is 0 Å². The van der Waals surface area contributed by atoms with E-state index in [0.29, 0.717) is 29.5 Å². The Morgan fingerprint density at radius 3 is 2.67 bits per heavy atom. The number of methoxy groups -OCH3 is 1. The molecule has 0 heterocycles. The van der Waals surface area contributed by atoms with Crippen LogP contribution in [0, 0.1) is 6.92 Å². The molecule has 24 heavy (non-hydrogen) atoms. The number of carbonyl (C=O) groups excluding carboxylic acids is 1. The zero-order valence-electron chi connectivity index (χ0n) is 14.2. The number of amides is 1. The number of rotatable bonds is 7. The van der Waals surface area contributed by atoms with E-state index >= 15 is 0 Å². The summed E-state index contributed by atoms with van der Waals surface area (Å²) in [7, 11) is 1.60. The summed E-state index contributed by atoms with van der Waals surface area (Å²) in [6, 6.07) is 10.8. The highest BCUT2D eigenvalue weighted by molar-refractivity contribution is 6.31. The zero-order chi connectivity index (χ0) is 17.5. The normalized spacial score (nSPS) is 10.3. The van der Waals surface area contributed by atoms with Crippen LogP contribution in [0.25, 0.3) is 0 Å². The van der Waals surface area contributed by atoms with Gasteiger partial charge in [0.2, 0.25) is 0 Å². The molecule has 5 heteroatoms. The maximum Gasteiger partial charge on any atom is 0.251 e. The lowest BCUT2D eigenvalue weighted by molar-refractivity contribution is 0.0953. The summed E-state index contributed by atoms with van der Waals surface area (Å²) in [5, 5.41) is 3.57. The van der Waals surface area contributed by atoms with Gasteiger partial charge in [-0.05, 0) is 55.3 Å². The van der Waals surface area contributed by atoms with Gasteiger partial charge in [-0.25, -0.2) is 0 Å². The molecule has 0 saturated carbocycles. The smallest absolute Gasteiger partial charge is 0.251 e. The van der Waals surface area contributed by atoms with E-state index in [1.807, 2.05) is 26.0 Å². The van der Waals surface area contributed by atoms with Crippen molar-refractivity contribution in [3.05, 3.63) is 58.1 Å². The first-order chi connectivity index (χ1) is 11.5. The Labute approximate surface area is 147 Å². The molecule has 2 aromatic carbocycles. The van der Waals surface area contributed by atoms with Crippen molar-refractivity contribution in [1.29, 1.82) is 0 Å². The van der Waals surface area contributed by atoms with E-state index in [2.05, 4.69) is 5.32 Å². The van der Waals surface area contributed by atoms with Crippen LogP contribution in [-0.2, 0) is 6.61 Å². The highest BCUT2D eigenvalue weighted by Gasteiger charge is 2.11. The summed E-state index contributed by atoms with van der Waals surface area (Å²) in [6.45, 7) is 4.90. The van der Waals surface area contributed by atoms with E-state index in [4.69, 9.17) is 21.1 Å². The number of hydrogen-bond acceptors (Lipinski definition) is 3. The third-order valence-electron chi connectivity index (χ3n) is 3.60. The Kier molecular flexibility index (Phi) is 6.50. The predicted octanol–water partition coefficient (Wildman–Crippen LogP) is 4.38. The minimum Gasteiger partial charge on any atom is -0.496 e. The first kappa shape index (κ1) is 18.1. The summed E-state index contributed by atoms with van der Waals surface area (Å²) in [5.74, 6) is 1.32. The number of aryl methyl sites for hydroxylation is 1. The molecule has 0 bridgehead atoms. The van der Waals surface area contributed by atoms with E-state index in [1.165, 1.54) is 0 Å². The van der Waals surface area contributed by atoms with E-state index in [0.717, 1.165) is 23.3 Å². The number of hydrogen-bond donors (Lipinski definition) is 1. The average molecular weight is 348 g/mol. The lowest BCUT2D eigenvalue weighted by atomic mass is 10.1. The monoisotopic (exact) mass is 347 g/mol. The molecule has 0 fully saturated rings. The summed E-state index contributed by atoms with van der Waals surface area (Å²) < 4.78 is 11.2. The van der Waals surface area contributed by atoms with Crippen molar-refractivity contribution in [2.75, 3.05) is 13.7 Å². The molecule has 1 N–H and O–H groups in total. The van der Waals surface area contributed by atoms with Crippen LogP contribution in [0.3, 0.4) is 0 Å². The fraction of sp³-hybridized carbons (Fsp3) is 0.316. The molecule has 2 rings (SSSR count). The number of benzene rings is 2. The number of halogens is 1. The van der Waals surface area contributed by atoms with Crippen molar-refractivity contribution >= 4 is 17.5 Å². The largest absolute Gasteiger partial charge is 0.496 e. The molecule has 1 amide bonds. The fourth-order valence-electron chi connectivity index (χ4n) is 2.24. The number of carbonyl (C=O) groups is 1. The lowest BCUT2D eigenvalue weighted by Gasteiger charge is -2.13. The third-order valence-corrected chi connectivity index (χ3v) is 4.03. The molecule has 128 valence electrons. The fourth-order valence-corrected chi connectivity index (χ4v) is 2.36. The van der Waals surface area contributed by atoms with Crippen molar-refractivity contribution in [2.45, 2.75) is 26.9 Å². The first-order valence-electron chi connectivity index (χ1n) is 7.89. The van der Waals surface area contributed by atoms with Gasteiger partial charge in [0.1, 0.15) is 18.1 Å². The molecule has 0 saturated heterocycles. The second-order valence-corrected chi connectivity index (χ2v) is 5.89.